The summed E-state index contributed by atoms with van der Waals surface area (Å²) in [6.45, 7) is 2.29. The van der Waals surface area contributed by atoms with Crippen molar-refractivity contribution in [1.29, 1.82) is 0 Å². The third-order valence-corrected chi connectivity index (χ3v) is 4.98. The topological polar surface area (TPSA) is 80.5 Å². The molecule has 0 aliphatic heterocycles. The van der Waals surface area contributed by atoms with E-state index in [9.17, 15) is 18.5 Å². The van der Waals surface area contributed by atoms with Crippen LogP contribution >= 0.6 is 11.6 Å². The summed E-state index contributed by atoms with van der Waals surface area (Å²) < 4.78 is 25.7. The lowest BCUT2D eigenvalue weighted by Gasteiger charge is -2.17. The lowest BCUT2D eigenvalue weighted by Crippen LogP contribution is -2.28. The van der Waals surface area contributed by atoms with Gasteiger partial charge in [0.2, 0.25) is 10.0 Å². The van der Waals surface area contributed by atoms with E-state index in [1.54, 1.807) is 0 Å². The molecular weight excluding hydrogens is 292 g/mol. The van der Waals surface area contributed by atoms with Crippen molar-refractivity contribution in [3.05, 3.63) is 33.3 Å². The van der Waals surface area contributed by atoms with Gasteiger partial charge >= 0.3 is 0 Å². The average molecular weight is 307 g/mol. The summed E-state index contributed by atoms with van der Waals surface area (Å²) >= 11 is 5.84. The molecule has 6 nitrogen and oxygen atoms in total. The number of benzene rings is 1. The van der Waals surface area contributed by atoms with Crippen molar-refractivity contribution in [3.63, 3.8) is 0 Å². The molecule has 0 fully saturated rings. The normalized spacial score (nSPS) is 11.8. The molecule has 0 amide bonds. The molecule has 0 atom stereocenters. The summed E-state index contributed by atoms with van der Waals surface area (Å²) in [5.41, 5.74) is -0.299. The number of rotatable bonds is 6. The molecule has 0 spiro atoms. The average Bonchev–Trinajstić information content (AvgIpc) is 2.35. The fraction of sp³-hybridized carbons (Fsp3) is 0.455. The van der Waals surface area contributed by atoms with Crippen LogP contribution in [0, 0.1) is 10.1 Å². The van der Waals surface area contributed by atoms with Crippen LogP contribution in [0.3, 0.4) is 0 Å². The molecule has 1 aromatic rings. The Morgan fingerprint density at radius 3 is 2.58 bits per heavy atom. The van der Waals surface area contributed by atoms with Gasteiger partial charge in [-0.15, -0.1) is 0 Å². The van der Waals surface area contributed by atoms with E-state index in [1.807, 2.05) is 6.92 Å². The quantitative estimate of drug-likeness (QED) is 0.597. The first-order valence-corrected chi connectivity index (χ1v) is 7.52. The lowest BCUT2D eigenvalue weighted by molar-refractivity contribution is -0.385. The van der Waals surface area contributed by atoms with E-state index in [0.29, 0.717) is 13.0 Å². The molecule has 0 N–H and O–H groups in total. The lowest BCUT2D eigenvalue weighted by atomic mass is 10.3. The van der Waals surface area contributed by atoms with E-state index in [4.69, 9.17) is 11.6 Å². The van der Waals surface area contributed by atoms with E-state index in [2.05, 4.69) is 0 Å². The predicted molar refractivity (Wildman–Crippen MR) is 72.8 cm³/mol. The predicted octanol–water partition coefficient (Wildman–Crippen LogP) is 2.67. The monoisotopic (exact) mass is 306 g/mol. The SMILES string of the molecule is CCCCN(C)S(=O)(=O)c1cc([N+](=O)[O-])ccc1Cl. The van der Waals surface area contributed by atoms with E-state index < -0.39 is 14.9 Å². The largest absolute Gasteiger partial charge is 0.270 e. The maximum atomic E-state index is 12.3. The van der Waals surface area contributed by atoms with Gasteiger partial charge < -0.3 is 0 Å². The molecular formula is C11H15ClN2O4S. The smallest absolute Gasteiger partial charge is 0.258 e. The number of hydrogen-bond donors (Lipinski definition) is 0. The van der Waals surface area contributed by atoms with Gasteiger partial charge in [-0.05, 0) is 12.5 Å². The van der Waals surface area contributed by atoms with Crippen LogP contribution < -0.4 is 0 Å². The number of non-ortho nitro benzene ring substituents is 1. The van der Waals surface area contributed by atoms with Crippen molar-refractivity contribution in [2.75, 3.05) is 13.6 Å². The zero-order chi connectivity index (χ0) is 14.6. The summed E-state index contributed by atoms with van der Waals surface area (Å²) in [4.78, 5) is 9.80. The molecule has 0 unspecified atom stereocenters. The molecule has 0 saturated heterocycles. The number of sulfonamides is 1. The molecule has 1 rings (SSSR count). The molecule has 0 aliphatic rings. The van der Waals surface area contributed by atoms with Crippen LogP contribution in [0.25, 0.3) is 0 Å². The highest BCUT2D eigenvalue weighted by molar-refractivity contribution is 7.89. The van der Waals surface area contributed by atoms with E-state index >= 15 is 0 Å². The number of hydrogen-bond acceptors (Lipinski definition) is 4. The minimum Gasteiger partial charge on any atom is -0.258 e. The Labute approximate surface area is 117 Å². The van der Waals surface area contributed by atoms with Gasteiger partial charge in [-0.1, -0.05) is 24.9 Å². The first-order chi connectivity index (χ1) is 8.80. The standard InChI is InChI=1S/C11H15ClN2O4S/c1-3-4-7-13(2)19(17,18)11-8-9(14(15)16)5-6-10(11)12/h5-6,8H,3-4,7H2,1-2H3. The highest BCUT2D eigenvalue weighted by Crippen LogP contribution is 2.28. The number of halogens is 1. The van der Waals surface area contributed by atoms with Gasteiger partial charge in [-0.3, -0.25) is 10.1 Å². The fourth-order valence-electron chi connectivity index (χ4n) is 1.47. The number of nitro groups is 1. The first-order valence-electron chi connectivity index (χ1n) is 5.71. The highest BCUT2D eigenvalue weighted by Gasteiger charge is 2.25. The summed E-state index contributed by atoms with van der Waals surface area (Å²) in [5.74, 6) is 0. The van der Waals surface area contributed by atoms with Crippen molar-refractivity contribution in [3.8, 4) is 0 Å². The minimum atomic E-state index is -3.80. The molecule has 0 aliphatic carbocycles. The van der Waals surface area contributed by atoms with Crippen LogP contribution in [0.15, 0.2) is 23.1 Å². The highest BCUT2D eigenvalue weighted by atomic mass is 35.5. The van der Waals surface area contributed by atoms with Crippen molar-refractivity contribution in [1.82, 2.24) is 4.31 Å². The molecule has 19 heavy (non-hydrogen) atoms. The third-order valence-electron chi connectivity index (χ3n) is 2.64. The van der Waals surface area contributed by atoms with Crippen LogP contribution in [0.5, 0.6) is 0 Å². The number of unbranched alkanes of at least 4 members (excludes halogenated alkanes) is 1. The minimum absolute atomic E-state index is 0.0195. The molecule has 0 radical (unpaired) electrons. The van der Waals surface area contributed by atoms with Gasteiger partial charge in [0.25, 0.3) is 5.69 Å². The molecule has 0 bridgehead atoms. The fourth-order valence-corrected chi connectivity index (χ4v) is 3.17. The van der Waals surface area contributed by atoms with Crippen molar-refractivity contribution >= 4 is 27.3 Å². The van der Waals surface area contributed by atoms with E-state index in [0.717, 1.165) is 16.8 Å². The summed E-state index contributed by atoms with van der Waals surface area (Å²) in [5, 5.41) is 10.7. The Kier molecular flexibility index (Phi) is 5.28. The van der Waals surface area contributed by atoms with Crippen molar-refractivity contribution in [2.24, 2.45) is 0 Å². The molecule has 0 saturated carbocycles. The maximum absolute atomic E-state index is 12.3. The van der Waals surface area contributed by atoms with E-state index in [-0.39, 0.29) is 15.6 Å². The van der Waals surface area contributed by atoms with Crippen LogP contribution in [0.2, 0.25) is 5.02 Å². The zero-order valence-corrected chi connectivity index (χ0v) is 12.2. The second kappa shape index (κ2) is 6.31. The zero-order valence-electron chi connectivity index (χ0n) is 10.7. The Morgan fingerprint density at radius 2 is 2.05 bits per heavy atom. The van der Waals surface area contributed by atoms with Crippen LogP contribution in [0.4, 0.5) is 5.69 Å². The van der Waals surface area contributed by atoms with Crippen molar-refractivity contribution < 1.29 is 13.3 Å². The van der Waals surface area contributed by atoms with Crippen LogP contribution in [-0.2, 0) is 10.0 Å². The van der Waals surface area contributed by atoms with Crippen LogP contribution in [-0.4, -0.2) is 31.2 Å². The second-order valence-electron chi connectivity index (χ2n) is 4.05. The Bertz CT molecular complexity index is 574. The van der Waals surface area contributed by atoms with Gasteiger partial charge in [-0.2, -0.15) is 0 Å². The second-order valence-corrected chi connectivity index (χ2v) is 6.47. The molecule has 1 aromatic carbocycles. The summed E-state index contributed by atoms with van der Waals surface area (Å²) in [6, 6.07) is 3.38. The summed E-state index contributed by atoms with van der Waals surface area (Å²) in [7, 11) is -2.37. The van der Waals surface area contributed by atoms with Crippen LogP contribution in [0.1, 0.15) is 19.8 Å². The maximum Gasteiger partial charge on any atom is 0.270 e. The Balaban J connectivity index is 3.20. The summed E-state index contributed by atoms with van der Waals surface area (Å²) in [6.07, 6.45) is 1.56. The third kappa shape index (κ3) is 3.65. The van der Waals surface area contributed by atoms with Gasteiger partial charge in [0.05, 0.1) is 9.95 Å². The van der Waals surface area contributed by atoms with Gasteiger partial charge in [0, 0.05) is 25.7 Å². The first kappa shape index (κ1) is 15.9. The number of nitro benzene ring substituents is 1. The van der Waals surface area contributed by atoms with Crippen molar-refractivity contribution in [2.45, 2.75) is 24.7 Å². The molecule has 0 aromatic heterocycles. The number of nitrogens with zero attached hydrogens (tertiary/aromatic N) is 2. The molecule has 8 heteroatoms. The molecule has 106 valence electrons. The van der Waals surface area contributed by atoms with E-state index in [1.165, 1.54) is 19.2 Å². The molecule has 0 heterocycles. The van der Waals surface area contributed by atoms with Gasteiger partial charge in [0.15, 0.2) is 0 Å². The Hall–Kier alpha value is -1.18. The van der Waals surface area contributed by atoms with Gasteiger partial charge in [-0.25, -0.2) is 12.7 Å². The Morgan fingerprint density at radius 1 is 1.42 bits per heavy atom. The van der Waals surface area contributed by atoms with Gasteiger partial charge in [0.1, 0.15) is 4.90 Å².